The Balaban J connectivity index is 0.000000165. The molecule has 2 aliphatic heterocycles. The summed E-state index contributed by atoms with van der Waals surface area (Å²) >= 11 is 6.71. The van der Waals surface area contributed by atoms with Gasteiger partial charge in [0.1, 0.15) is 11.2 Å². The van der Waals surface area contributed by atoms with Crippen LogP contribution in [0.4, 0.5) is 23.1 Å². The van der Waals surface area contributed by atoms with Crippen molar-refractivity contribution in [3.05, 3.63) is 142 Å². The molecule has 0 aliphatic carbocycles. The number of nitrogens with one attached hydrogen (secondary N) is 2. The normalized spacial score (nSPS) is 13.9. The van der Waals surface area contributed by atoms with Crippen LogP contribution < -0.4 is 31.3 Å². The van der Waals surface area contributed by atoms with Crippen molar-refractivity contribution in [2.24, 2.45) is 0 Å². The number of amides is 2. The summed E-state index contributed by atoms with van der Waals surface area (Å²) in [5.74, 6) is 1.10. The van der Waals surface area contributed by atoms with E-state index < -0.39 is 0 Å². The highest BCUT2D eigenvalue weighted by atomic mass is 79.9. The molecule has 12 nitrogen and oxygen atoms in total. The molecule has 16 heteroatoms. The minimum Gasteiger partial charge on any atom is -0.440 e. The summed E-state index contributed by atoms with van der Waals surface area (Å²) in [4.78, 5) is 55.3. The maximum absolute atomic E-state index is 13.1. The summed E-state index contributed by atoms with van der Waals surface area (Å²) in [6.45, 7) is 7.15. The van der Waals surface area contributed by atoms with Gasteiger partial charge in [-0.2, -0.15) is 0 Å². The van der Waals surface area contributed by atoms with Crippen LogP contribution in [0.2, 0.25) is 0 Å². The van der Waals surface area contributed by atoms with Gasteiger partial charge in [0.25, 0.3) is 0 Å². The van der Waals surface area contributed by atoms with E-state index >= 15 is 0 Å². The molecule has 2 fully saturated rings. The first kappa shape index (κ1) is 49.7. The topological polar surface area (TPSA) is 144 Å². The van der Waals surface area contributed by atoms with Gasteiger partial charge in [0, 0.05) is 127 Å². The molecule has 2 saturated heterocycles. The number of para-hydroxylation sites is 2. The van der Waals surface area contributed by atoms with Crippen molar-refractivity contribution in [3.8, 4) is 22.3 Å². The number of carbonyl (C=O) groups is 2. The number of alkyl halides is 1. The number of rotatable bonds is 10. The van der Waals surface area contributed by atoms with Crippen LogP contribution in [-0.2, 0) is 19.1 Å². The molecule has 2 amide bonds. The van der Waals surface area contributed by atoms with Crippen LogP contribution in [0.15, 0.2) is 140 Å². The molecule has 0 unspecified atom stereocenters. The molecule has 2 N–H and O–H groups in total. The quantitative estimate of drug-likeness (QED) is 0.100. The fraction of sp³-hybridized carbons (Fsp3) is 0.228. The monoisotopic (exact) mass is 1070 g/mol. The third kappa shape index (κ3) is 9.77. The van der Waals surface area contributed by atoms with Gasteiger partial charge in [-0.15, -0.1) is 22.7 Å². The van der Waals surface area contributed by atoms with E-state index in [2.05, 4.69) is 60.6 Å². The van der Waals surface area contributed by atoms with E-state index in [4.69, 9.17) is 18.3 Å². The van der Waals surface area contributed by atoms with Crippen molar-refractivity contribution >= 4 is 144 Å². The van der Waals surface area contributed by atoms with Crippen molar-refractivity contribution in [2.45, 2.75) is 26.2 Å². The Morgan fingerprint density at radius 2 is 0.973 bits per heavy atom. The minimum atomic E-state index is -0.0640. The average Bonchev–Trinajstić information content (AvgIpc) is 4.00. The summed E-state index contributed by atoms with van der Waals surface area (Å²) in [7, 11) is 0. The number of hydrogen-bond donors (Lipinski definition) is 2. The molecule has 6 heterocycles. The highest BCUT2D eigenvalue weighted by molar-refractivity contribution is 9.09. The molecule has 0 bridgehead atoms. The summed E-state index contributed by atoms with van der Waals surface area (Å²) in [6.07, 6.45) is 1.66. The Bertz CT molecular complexity index is 3590. The fourth-order valence-electron chi connectivity index (χ4n) is 9.66. The number of ether oxygens (including phenoxy) is 2. The highest BCUT2D eigenvalue weighted by Gasteiger charge is 2.23. The lowest BCUT2D eigenvalue weighted by molar-refractivity contribution is -0.116. The molecular weight excluding hydrogens is 1020 g/mol. The van der Waals surface area contributed by atoms with Crippen LogP contribution >= 0.6 is 38.6 Å². The predicted octanol–water partition coefficient (Wildman–Crippen LogP) is 12.4. The van der Waals surface area contributed by atoms with Gasteiger partial charge in [-0.25, -0.2) is 0 Å². The number of benzene rings is 6. The molecule has 12 rings (SSSR count). The third-order valence-corrected chi connectivity index (χ3v) is 15.9. The number of hydrogen-bond acceptors (Lipinski definition) is 12. The maximum atomic E-state index is 13.1. The Morgan fingerprint density at radius 3 is 1.41 bits per heavy atom. The van der Waals surface area contributed by atoms with Gasteiger partial charge in [0.2, 0.25) is 11.8 Å². The van der Waals surface area contributed by atoms with E-state index in [9.17, 15) is 19.2 Å². The summed E-state index contributed by atoms with van der Waals surface area (Å²) < 4.78 is 28.1. The van der Waals surface area contributed by atoms with E-state index in [1.165, 1.54) is 0 Å². The van der Waals surface area contributed by atoms with Gasteiger partial charge in [0.15, 0.2) is 22.6 Å². The maximum Gasteiger partial charge on any atom is 0.225 e. The number of anilines is 4. The van der Waals surface area contributed by atoms with Gasteiger partial charge in [-0.3, -0.25) is 19.2 Å². The van der Waals surface area contributed by atoms with Gasteiger partial charge in [-0.1, -0.05) is 95.7 Å². The molecule has 3 radical (unpaired) electrons. The molecular formula is C57H49BBrN4O8S2. The van der Waals surface area contributed by atoms with E-state index in [1.807, 2.05) is 91.9 Å². The Hall–Kier alpha value is -6.82. The lowest BCUT2D eigenvalue weighted by atomic mass is 9.99. The second-order valence-corrected chi connectivity index (χ2v) is 20.6. The van der Waals surface area contributed by atoms with Crippen molar-refractivity contribution in [3.63, 3.8) is 0 Å². The van der Waals surface area contributed by atoms with Crippen LogP contribution in [0.25, 0.3) is 84.5 Å². The van der Waals surface area contributed by atoms with Crippen LogP contribution in [0.3, 0.4) is 0 Å². The van der Waals surface area contributed by atoms with Crippen molar-refractivity contribution in [1.29, 1.82) is 0 Å². The minimum absolute atomic E-state index is 0. The standard InChI is InChI=1S/C29H26N2O4S.C28H23BrN2O4S.B/c1-2-6-25(33)30-22-12-11-19(29-27(22)21-7-3-4-10-24(21)36-29)18-8-5-9-20-23(32)17-26(35-28(18)20)31-13-15-34-16-14-31;29-11-10-24(33)30-21-9-8-18(28-26(21)20-4-1-2-7-23(20)36-28)17-5-3-6-19-22(32)16-25(35-27(17)19)31-12-14-34-15-13-31;/h3-5,7-12,17H,2,6,13-16H2,1H3,(H,30,33);1-9,16H,10-15H2,(H,30,33);. The van der Waals surface area contributed by atoms with E-state index in [0.29, 0.717) is 104 Å². The van der Waals surface area contributed by atoms with Gasteiger partial charge >= 0.3 is 0 Å². The Morgan fingerprint density at radius 1 is 0.548 bits per heavy atom. The van der Waals surface area contributed by atoms with Crippen molar-refractivity contribution < 1.29 is 27.9 Å². The molecule has 0 spiro atoms. The molecule has 0 saturated carbocycles. The second-order valence-electron chi connectivity index (χ2n) is 17.7. The zero-order chi connectivity index (χ0) is 49.3. The van der Waals surface area contributed by atoms with Gasteiger partial charge < -0.3 is 38.7 Å². The first-order valence-electron chi connectivity index (χ1n) is 24.1. The zero-order valence-electron chi connectivity index (χ0n) is 40.0. The van der Waals surface area contributed by atoms with Crippen LogP contribution in [0.1, 0.15) is 26.2 Å². The first-order chi connectivity index (χ1) is 35.3. The van der Waals surface area contributed by atoms with Crippen LogP contribution in [-0.4, -0.2) is 78.2 Å². The molecule has 0 atom stereocenters. The second kappa shape index (κ2) is 21.7. The lowest BCUT2D eigenvalue weighted by Gasteiger charge is -2.27. The molecule has 73 heavy (non-hydrogen) atoms. The van der Waals surface area contributed by atoms with Crippen molar-refractivity contribution in [2.75, 3.05) is 78.4 Å². The molecule has 4 aromatic heterocycles. The number of carbonyl (C=O) groups excluding carboxylic acids is 2. The predicted molar refractivity (Wildman–Crippen MR) is 304 cm³/mol. The third-order valence-electron chi connectivity index (χ3n) is 13.1. The molecule has 2 aliphatic rings. The summed E-state index contributed by atoms with van der Waals surface area (Å²) in [5, 5.41) is 12.1. The van der Waals surface area contributed by atoms with Crippen molar-refractivity contribution in [1.82, 2.24) is 0 Å². The molecule has 367 valence electrons. The fourth-order valence-corrected chi connectivity index (χ4v) is 12.5. The Labute approximate surface area is 438 Å². The summed E-state index contributed by atoms with van der Waals surface area (Å²) in [5.41, 5.74) is 6.28. The number of morpholine rings is 2. The van der Waals surface area contributed by atoms with Crippen LogP contribution in [0.5, 0.6) is 0 Å². The van der Waals surface area contributed by atoms with Gasteiger partial charge in [0.05, 0.1) is 48.6 Å². The average molecular weight is 1070 g/mol. The smallest absolute Gasteiger partial charge is 0.225 e. The largest absolute Gasteiger partial charge is 0.440 e. The molecule has 10 aromatic rings. The first-order valence-corrected chi connectivity index (χ1v) is 26.9. The lowest BCUT2D eigenvalue weighted by Crippen LogP contribution is -2.36. The Kier molecular flexibility index (Phi) is 14.8. The SMILES string of the molecule is CCCC(=O)Nc1ccc(-c2cccc3c(=O)cc(N4CCOCC4)oc23)c2sc3ccccc3c12.O=C(CCBr)Nc1ccc(-c2cccc3c(=O)cc(N4CCOCC4)oc23)c2sc3ccccc3c12.[B]. The van der Waals surface area contributed by atoms with Gasteiger partial charge in [-0.05, 0) is 42.8 Å². The number of thiophene rings is 2. The highest BCUT2D eigenvalue weighted by Crippen LogP contribution is 2.47. The van der Waals surface area contributed by atoms with E-state index in [1.54, 1.807) is 34.8 Å². The van der Waals surface area contributed by atoms with E-state index in [0.717, 1.165) is 80.4 Å². The zero-order valence-corrected chi connectivity index (χ0v) is 43.2. The molecule has 6 aromatic carbocycles. The van der Waals surface area contributed by atoms with Crippen LogP contribution in [0, 0.1) is 0 Å². The number of fused-ring (bicyclic) bond motifs is 8. The van der Waals surface area contributed by atoms with E-state index in [-0.39, 0.29) is 31.1 Å². The summed E-state index contributed by atoms with van der Waals surface area (Å²) in [6, 6.07) is 39.0. The number of nitrogens with zero attached hydrogens (tertiary/aromatic N) is 2. The number of halogens is 1.